The van der Waals surface area contributed by atoms with Crippen LogP contribution >= 0.6 is 0 Å². The number of rotatable bonds is 7. The zero-order valence-corrected chi connectivity index (χ0v) is 23.2. The summed E-state index contributed by atoms with van der Waals surface area (Å²) in [6.45, 7) is 0.325. The molecule has 6 rings (SSSR count). The third-order valence-electron chi connectivity index (χ3n) is 7.22. The second-order valence-corrected chi connectivity index (χ2v) is 9.98. The number of nitrogens with one attached hydrogen (secondary N) is 1. The molecular weight excluding hydrogens is 556 g/mol. The van der Waals surface area contributed by atoms with Crippen molar-refractivity contribution in [1.29, 1.82) is 0 Å². The van der Waals surface area contributed by atoms with Crippen molar-refractivity contribution in [3.8, 4) is 11.1 Å². The van der Waals surface area contributed by atoms with Crippen molar-refractivity contribution in [2.24, 2.45) is 0 Å². The Labute approximate surface area is 252 Å². The summed E-state index contributed by atoms with van der Waals surface area (Å²) in [7, 11) is 0. The number of carbonyl (C=O) groups is 5. The molecule has 8 nitrogen and oxygen atoms in total. The summed E-state index contributed by atoms with van der Waals surface area (Å²) in [6, 6.07) is 35.1. The quantitative estimate of drug-likeness (QED) is 0.142. The van der Waals surface area contributed by atoms with Crippen molar-refractivity contribution in [2.75, 3.05) is 4.90 Å². The van der Waals surface area contributed by atoms with Crippen molar-refractivity contribution in [3.05, 3.63) is 161 Å². The Kier molecular flexibility index (Phi) is 7.63. The average Bonchev–Trinajstić information content (AvgIpc) is 3.33. The molecule has 0 atom stereocenters. The number of anilines is 1. The van der Waals surface area contributed by atoms with Crippen LogP contribution in [-0.4, -0.2) is 29.7 Å². The van der Waals surface area contributed by atoms with Gasteiger partial charge in [-0.25, -0.2) is 14.5 Å². The predicted octanol–water partition coefficient (Wildman–Crippen LogP) is 6.08. The molecule has 1 aliphatic rings. The standard InChI is InChI=1S/C36H24N2O6/c39-32(37-22-23-11-2-1-3-12-23)28-17-6-4-15-26(28)27-16-5-9-20-31(27)36(43)44-35(42)24-13-10-14-25(21-24)38-33(40)29-18-7-8-19-30(29)34(38)41/h1-21H,22H2,(H,37,39). The lowest BCUT2D eigenvalue weighted by Gasteiger charge is -2.15. The van der Waals surface area contributed by atoms with Gasteiger partial charge < -0.3 is 10.1 Å². The Bertz CT molecular complexity index is 1910. The van der Waals surface area contributed by atoms with E-state index in [1.54, 1.807) is 66.7 Å². The highest BCUT2D eigenvalue weighted by atomic mass is 16.6. The SMILES string of the molecule is O=C(OC(=O)c1ccccc1-c1ccccc1C(=O)NCc1ccccc1)c1cccc(N2C(=O)c3ccccc3C2=O)c1. The summed E-state index contributed by atoms with van der Waals surface area (Å²) in [5.41, 5.74) is 2.97. The number of fused-ring (bicyclic) bond motifs is 1. The first kappa shape index (κ1) is 28.0. The Balaban J connectivity index is 1.22. The molecular formula is C36H24N2O6. The summed E-state index contributed by atoms with van der Waals surface area (Å²) >= 11 is 0. The zero-order chi connectivity index (χ0) is 30.6. The molecule has 0 saturated heterocycles. The Morgan fingerprint density at radius 2 is 1.11 bits per heavy atom. The van der Waals surface area contributed by atoms with Crippen LogP contribution in [-0.2, 0) is 11.3 Å². The van der Waals surface area contributed by atoms with Gasteiger partial charge in [-0.05, 0) is 59.2 Å². The van der Waals surface area contributed by atoms with E-state index in [0.717, 1.165) is 10.5 Å². The molecule has 44 heavy (non-hydrogen) atoms. The minimum absolute atomic E-state index is 0.0226. The van der Waals surface area contributed by atoms with Crippen LogP contribution in [0.3, 0.4) is 0 Å². The molecule has 0 unspecified atom stereocenters. The van der Waals surface area contributed by atoms with Crippen LogP contribution in [0.15, 0.2) is 127 Å². The van der Waals surface area contributed by atoms with Gasteiger partial charge in [-0.15, -0.1) is 0 Å². The highest BCUT2D eigenvalue weighted by Crippen LogP contribution is 2.30. The zero-order valence-electron chi connectivity index (χ0n) is 23.2. The van der Waals surface area contributed by atoms with E-state index in [0.29, 0.717) is 23.2 Å². The normalized spacial score (nSPS) is 12.0. The first-order valence-corrected chi connectivity index (χ1v) is 13.8. The fourth-order valence-corrected chi connectivity index (χ4v) is 5.08. The van der Waals surface area contributed by atoms with Gasteiger partial charge in [0.2, 0.25) is 0 Å². The van der Waals surface area contributed by atoms with E-state index in [-0.39, 0.29) is 33.8 Å². The maximum absolute atomic E-state index is 13.3. The van der Waals surface area contributed by atoms with Crippen molar-refractivity contribution in [2.45, 2.75) is 6.54 Å². The highest BCUT2D eigenvalue weighted by molar-refractivity contribution is 6.34. The molecule has 8 heteroatoms. The number of carbonyl (C=O) groups excluding carboxylic acids is 5. The van der Waals surface area contributed by atoms with Crippen LogP contribution < -0.4 is 10.2 Å². The highest BCUT2D eigenvalue weighted by Gasteiger charge is 2.36. The largest absolute Gasteiger partial charge is 0.386 e. The molecule has 0 saturated carbocycles. The van der Waals surface area contributed by atoms with E-state index >= 15 is 0 Å². The molecule has 0 aromatic heterocycles. The molecule has 214 valence electrons. The number of hydrogen-bond acceptors (Lipinski definition) is 6. The van der Waals surface area contributed by atoms with Gasteiger partial charge in [-0.3, -0.25) is 14.4 Å². The van der Waals surface area contributed by atoms with E-state index in [4.69, 9.17) is 4.74 Å². The first-order chi connectivity index (χ1) is 21.4. The molecule has 1 heterocycles. The van der Waals surface area contributed by atoms with Crippen LogP contribution in [0, 0.1) is 0 Å². The topological polar surface area (TPSA) is 110 Å². The fraction of sp³-hybridized carbons (Fsp3) is 0.0278. The summed E-state index contributed by atoms with van der Waals surface area (Å²) < 4.78 is 5.26. The van der Waals surface area contributed by atoms with Crippen molar-refractivity contribution < 1.29 is 28.7 Å². The Morgan fingerprint density at radius 1 is 0.568 bits per heavy atom. The third kappa shape index (κ3) is 5.39. The lowest BCUT2D eigenvalue weighted by atomic mass is 9.95. The summed E-state index contributed by atoms with van der Waals surface area (Å²) in [5.74, 6) is -3.22. The third-order valence-corrected chi connectivity index (χ3v) is 7.22. The van der Waals surface area contributed by atoms with Crippen LogP contribution in [0.1, 0.15) is 57.4 Å². The second kappa shape index (κ2) is 12.0. The van der Waals surface area contributed by atoms with Gasteiger partial charge in [-0.1, -0.05) is 84.9 Å². The molecule has 0 aliphatic carbocycles. The lowest BCUT2D eigenvalue weighted by Crippen LogP contribution is -2.29. The number of esters is 2. The fourth-order valence-electron chi connectivity index (χ4n) is 5.08. The summed E-state index contributed by atoms with van der Waals surface area (Å²) in [6.07, 6.45) is 0. The molecule has 0 bridgehead atoms. The van der Waals surface area contributed by atoms with E-state index in [9.17, 15) is 24.0 Å². The van der Waals surface area contributed by atoms with Gasteiger partial charge in [-0.2, -0.15) is 0 Å². The van der Waals surface area contributed by atoms with Crippen molar-refractivity contribution >= 4 is 35.3 Å². The molecule has 5 aromatic rings. The van der Waals surface area contributed by atoms with Crippen molar-refractivity contribution in [1.82, 2.24) is 5.32 Å². The predicted molar refractivity (Wildman–Crippen MR) is 163 cm³/mol. The first-order valence-electron chi connectivity index (χ1n) is 13.8. The minimum Gasteiger partial charge on any atom is -0.386 e. The molecule has 1 aliphatic heterocycles. The average molecular weight is 581 g/mol. The lowest BCUT2D eigenvalue weighted by molar-refractivity contribution is 0.0397. The number of imide groups is 1. The summed E-state index contributed by atoms with van der Waals surface area (Å²) in [4.78, 5) is 66.5. The molecule has 0 fully saturated rings. The van der Waals surface area contributed by atoms with Gasteiger partial charge >= 0.3 is 11.9 Å². The number of ether oxygens (including phenoxy) is 1. The monoisotopic (exact) mass is 580 g/mol. The Hall–Kier alpha value is -6.15. The molecule has 1 N–H and O–H groups in total. The van der Waals surface area contributed by atoms with Crippen LogP contribution in [0.25, 0.3) is 11.1 Å². The van der Waals surface area contributed by atoms with Crippen LogP contribution in [0.2, 0.25) is 0 Å². The molecule has 0 radical (unpaired) electrons. The molecule has 3 amide bonds. The second-order valence-electron chi connectivity index (χ2n) is 9.98. The molecule has 0 spiro atoms. The smallest absolute Gasteiger partial charge is 0.346 e. The van der Waals surface area contributed by atoms with E-state index < -0.39 is 23.8 Å². The van der Waals surface area contributed by atoms with E-state index in [2.05, 4.69) is 5.32 Å². The maximum Gasteiger partial charge on any atom is 0.346 e. The minimum atomic E-state index is -0.961. The van der Waals surface area contributed by atoms with Gasteiger partial charge in [0, 0.05) is 12.1 Å². The van der Waals surface area contributed by atoms with Crippen LogP contribution in [0.4, 0.5) is 5.69 Å². The van der Waals surface area contributed by atoms with Crippen molar-refractivity contribution in [3.63, 3.8) is 0 Å². The maximum atomic E-state index is 13.3. The van der Waals surface area contributed by atoms with Gasteiger partial charge in [0.15, 0.2) is 0 Å². The van der Waals surface area contributed by atoms with Crippen LogP contribution in [0.5, 0.6) is 0 Å². The van der Waals surface area contributed by atoms with Gasteiger partial charge in [0.05, 0.1) is 27.9 Å². The number of benzene rings is 5. The number of hydrogen-bond donors (Lipinski definition) is 1. The van der Waals surface area contributed by atoms with Gasteiger partial charge in [0.1, 0.15) is 0 Å². The Morgan fingerprint density at radius 3 is 1.77 bits per heavy atom. The van der Waals surface area contributed by atoms with E-state index in [1.807, 2.05) is 30.3 Å². The number of amides is 3. The van der Waals surface area contributed by atoms with E-state index in [1.165, 1.54) is 30.3 Å². The molecule has 5 aromatic carbocycles. The van der Waals surface area contributed by atoms with Gasteiger partial charge in [0.25, 0.3) is 17.7 Å². The number of nitrogens with zero attached hydrogens (tertiary/aromatic N) is 1. The summed E-state index contributed by atoms with van der Waals surface area (Å²) in [5, 5.41) is 2.91.